The number of rotatable bonds is 3. The number of benzene rings is 2. The Morgan fingerprint density at radius 3 is 2.41 bits per heavy atom. The van der Waals surface area contributed by atoms with Crippen LogP contribution in [-0.2, 0) is 45.5 Å². The van der Waals surface area contributed by atoms with Gasteiger partial charge in [-0.25, -0.2) is 12.1 Å². The van der Waals surface area contributed by atoms with Crippen LogP contribution in [-0.4, -0.2) is 7.11 Å². The molecule has 27 heavy (non-hydrogen) atoms. The predicted molar refractivity (Wildman–Crippen MR) is 101 cm³/mol. The van der Waals surface area contributed by atoms with E-state index < -0.39 is 0 Å². The van der Waals surface area contributed by atoms with Gasteiger partial charge in [0, 0.05) is 5.75 Å². The van der Waals surface area contributed by atoms with Crippen molar-refractivity contribution in [2.24, 2.45) is 0 Å². The molecule has 0 radical (unpaired) electrons. The number of ether oxygens (including phenoxy) is 1. The number of halogens is 2. The molecule has 0 saturated carbocycles. The number of hydrogen-bond acceptors (Lipinski definition) is 1. The van der Waals surface area contributed by atoms with E-state index in [0.29, 0.717) is 0 Å². The second-order valence-corrected chi connectivity index (χ2v) is 6.02. The molecule has 1 aliphatic rings. The van der Waals surface area contributed by atoms with E-state index in [0.717, 1.165) is 12.2 Å². The monoisotopic (exact) mass is 476 g/mol. The largest absolute Gasteiger partial charge is 4.00 e. The summed E-state index contributed by atoms with van der Waals surface area (Å²) >= 11 is 0. The molecule has 4 heteroatoms. The van der Waals surface area contributed by atoms with E-state index >= 15 is 0 Å². The Bertz CT molecular complexity index is 808. The Kier molecular flexibility index (Phi) is 12.1. The minimum Gasteiger partial charge on any atom is -1.00 e. The van der Waals surface area contributed by atoms with Gasteiger partial charge in [-0.15, -0.1) is 11.6 Å². The standard InChI is InChI=1S/C14H11O.C9H13.2ClH.Zr/c1-15-13-8-4-6-11-9-10-5-2-3-7-12(10)14(11)13;1-3-8-6-5-7-9(8)4-2;;;/h2-5,7-8H,9H2,1H3;5-7H,3-4H2,1-2H3;2*1H;/q2*-1;;;+4/p-2. The molecule has 0 atom stereocenters. The van der Waals surface area contributed by atoms with Gasteiger partial charge in [0.05, 0.1) is 7.11 Å². The van der Waals surface area contributed by atoms with Crippen molar-refractivity contribution in [2.45, 2.75) is 33.1 Å². The van der Waals surface area contributed by atoms with E-state index in [4.69, 9.17) is 4.74 Å². The summed E-state index contributed by atoms with van der Waals surface area (Å²) < 4.78 is 5.39. The van der Waals surface area contributed by atoms with Crippen molar-refractivity contribution in [3.8, 4) is 16.9 Å². The minimum absolute atomic E-state index is 0. The van der Waals surface area contributed by atoms with Crippen LogP contribution in [0.5, 0.6) is 5.75 Å². The average Bonchev–Trinajstić information content (AvgIpc) is 3.25. The molecule has 3 aromatic rings. The third-order valence-electron chi connectivity index (χ3n) is 4.68. The van der Waals surface area contributed by atoms with Crippen LogP contribution in [0.4, 0.5) is 0 Å². The first-order valence-electron chi connectivity index (χ1n) is 8.67. The molecule has 1 aliphatic carbocycles. The summed E-state index contributed by atoms with van der Waals surface area (Å²) in [5.41, 5.74) is 8.15. The van der Waals surface area contributed by atoms with Crippen LogP contribution in [0.2, 0.25) is 0 Å². The Hall–Kier alpha value is -0.947. The molecule has 0 aliphatic heterocycles. The van der Waals surface area contributed by atoms with Gasteiger partial charge in [0.1, 0.15) is 0 Å². The summed E-state index contributed by atoms with van der Waals surface area (Å²) in [5.74, 6) is 0.952. The van der Waals surface area contributed by atoms with Crippen molar-refractivity contribution >= 4 is 0 Å². The van der Waals surface area contributed by atoms with Crippen LogP contribution in [0.15, 0.2) is 54.6 Å². The quantitative estimate of drug-likeness (QED) is 0.365. The molecule has 4 rings (SSSR count). The summed E-state index contributed by atoms with van der Waals surface area (Å²) in [4.78, 5) is 0. The fourth-order valence-electron chi connectivity index (χ4n) is 3.42. The van der Waals surface area contributed by atoms with Crippen LogP contribution in [0.3, 0.4) is 0 Å². The Balaban J connectivity index is 0.000000498. The molecule has 3 aromatic carbocycles. The van der Waals surface area contributed by atoms with Gasteiger partial charge in [-0.2, -0.15) is 29.3 Å². The molecule has 0 fully saturated rings. The molecular formula is C23H24Cl2OZr. The van der Waals surface area contributed by atoms with E-state index in [9.17, 15) is 0 Å². The number of methoxy groups -OCH3 is 1. The van der Waals surface area contributed by atoms with Gasteiger partial charge in [-0.05, 0) is 12.0 Å². The van der Waals surface area contributed by atoms with Gasteiger partial charge in [0.2, 0.25) is 0 Å². The molecular weight excluding hydrogens is 454 g/mol. The van der Waals surface area contributed by atoms with Crippen LogP contribution < -0.4 is 29.6 Å². The molecule has 0 bridgehead atoms. The SMILES string of the molecule is CCc1ccc[c-]1CC.COc1cc[c-]c2c1-c1ccccc1C2.[Cl-].[Cl-].[Zr+4]. The fraction of sp³-hybridized carbons (Fsp3) is 0.261. The van der Waals surface area contributed by atoms with Crippen LogP contribution in [0, 0.1) is 6.07 Å². The average molecular weight is 479 g/mol. The molecule has 0 amide bonds. The van der Waals surface area contributed by atoms with E-state index in [1.807, 2.05) is 12.1 Å². The third kappa shape index (κ3) is 5.77. The van der Waals surface area contributed by atoms with E-state index in [1.54, 1.807) is 7.11 Å². The Morgan fingerprint density at radius 2 is 1.78 bits per heavy atom. The number of fused-ring (bicyclic) bond motifs is 3. The molecule has 0 unspecified atom stereocenters. The minimum atomic E-state index is 0. The van der Waals surface area contributed by atoms with Crippen molar-refractivity contribution in [3.05, 3.63) is 82.9 Å². The van der Waals surface area contributed by atoms with Gasteiger partial charge in [-0.3, -0.25) is 0 Å². The molecule has 140 valence electrons. The summed E-state index contributed by atoms with van der Waals surface area (Å²) in [6.07, 6.45) is 3.33. The summed E-state index contributed by atoms with van der Waals surface area (Å²) in [5, 5.41) is 0. The Labute approximate surface area is 194 Å². The molecule has 0 spiro atoms. The van der Waals surface area contributed by atoms with Crippen LogP contribution in [0.1, 0.15) is 36.1 Å². The maximum atomic E-state index is 5.39. The first-order valence-corrected chi connectivity index (χ1v) is 8.67. The van der Waals surface area contributed by atoms with Crippen LogP contribution in [0.25, 0.3) is 11.1 Å². The number of hydrogen-bond donors (Lipinski definition) is 0. The van der Waals surface area contributed by atoms with Gasteiger partial charge >= 0.3 is 26.2 Å². The van der Waals surface area contributed by atoms with Gasteiger partial charge in [0.25, 0.3) is 0 Å². The zero-order chi connectivity index (χ0) is 16.9. The van der Waals surface area contributed by atoms with Crippen molar-refractivity contribution in [2.75, 3.05) is 7.11 Å². The maximum absolute atomic E-state index is 5.39. The molecule has 0 heterocycles. The van der Waals surface area contributed by atoms with Crippen LogP contribution >= 0.6 is 0 Å². The first-order chi connectivity index (χ1) is 11.8. The van der Waals surface area contributed by atoms with E-state index in [2.05, 4.69) is 62.4 Å². The maximum Gasteiger partial charge on any atom is 4.00 e. The van der Waals surface area contributed by atoms with Gasteiger partial charge < -0.3 is 29.6 Å². The topological polar surface area (TPSA) is 9.23 Å². The van der Waals surface area contributed by atoms with E-state index in [-0.39, 0.29) is 51.0 Å². The Morgan fingerprint density at radius 1 is 1.04 bits per heavy atom. The zero-order valence-corrected chi connectivity index (χ0v) is 20.0. The zero-order valence-electron chi connectivity index (χ0n) is 16.0. The normalized spacial score (nSPS) is 10.0. The summed E-state index contributed by atoms with van der Waals surface area (Å²) in [6, 6.07) is 22.2. The van der Waals surface area contributed by atoms with Gasteiger partial charge in [0.15, 0.2) is 0 Å². The number of aryl methyl sites for hydroxylation is 2. The van der Waals surface area contributed by atoms with Gasteiger partial charge in [-0.1, -0.05) is 62.1 Å². The smallest absolute Gasteiger partial charge is 1.00 e. The summed E-state index contributed by atoms with van der Waals surface area (Å²) in [6.45, 7) is 4.41. The molecule has 0 saturated heterocycles. The van der Waals surface area contributed by atoms with Crippen molar-refractivity contribution in [3.63, 3.8) is 0 Å². The van der Waals surface area contributed by atoms with Crippen molar-refractivity contribution in [1.82, 2.24) is 0 Å². The second-order valence-electron chi connectivity index (χ2n) is 6.02. The molecule has 0 aromatic heterocycles. The molecule has 1 nitrogen and oxygen atoms in total. The second kappa shape index (κ2) is 12.5. The van der Waals surface area contributed by atoms with Crippen molar-refractivity contribution in [1.29, 1.82) is 0 Å². The summed E-state index contributed by atoms with van der Waals surface area (Å²) in [7, 11) is 1.72. The van der Waals surface area contributed by atoms with E-state index in [1.165, 1.54) is 46.2 Å². The first kappa shape index (κ1) is 26.1. The predicted octanol–water partition coefficient (Wildman–Crippen LogP) is -0.398. The fourth-order valence-corrected chi connectivity index (χ4v) is 3.42. The van der Waals surface area contributed by atoms with Crippen molar-refractivity contribution < 1.29 is 55.8 Å². The third-order valence-corrected chi connectivity index (χ3v) is 4.68. The molecule has 0 N–H and O–H groups in total.